The number of amides is 1. The monoisotopic (exact) mass is 415 g/mol. The number of carbonyl (C=O) groups is 1. The van der Waals surface area contributed by atoms with E-state index in [2.05, 4.69) is 20.4 Å². The fraction of sp³-hybridized carbons (Fsp3) is 0.0909. The van der Waals surface area contributed by atoms with Crippen LogP contribution >= 0.6 is 11.3 Å². The normalized spacial score (nSPS) is 11.2. The van der Waals surface area contributed by atoms with Gasteiger partial charge in [0.25, 0.3) is 11.5 Å². The van der Waals surface area contributed by atoms with Crippen molar-refractivity contribution in [2.24, 2.45) is 0 Å². The van der Waals surface area contributed by atoms with Crippen molar-refractivity contribution in [2.45, 2.75) is 13.5 Å². The van der Waals surface area contributed by atoms with E-state index in [1.165, 1.54) is 16.0 Å². The third kappa shape index (κ3) is 2.98. The topological polar surface area (TPSA) is 92.7 Å². The van der Waals surface area contributed by atoms with Gasteiger partial charge in [-0.1, -0.05) is 36.4 Å². The molecule has 0 unspecified atom stereocenters. The molecule has 3 aromatic heterocycles. The number of aromatic amines is 1. The predicted molar refractivity (Wildman–Crippen MR) is 119 cm³/mol. The van der Waals surface area contributed by atoms with Crippen LogP contribution in [0.25, 0.3) is 32.9 Å². The van der Waals surface area contributed by atoms with Crippen molar-refractivity contribution in [3.63, 3.8) is 0 Å². The molecule has 0 saturated heterocycles. The maximum atomic E-state index is 13.0. The Morgan fingerprint density at radius 3 is 2.63 bits per heavy atom. The molecule has 0 bridgehead atoms. The molecule has 2 aromatic carbocycles. The largest absolute Gasteiger partial charge is 0.360 e. The average Bonchev–Trinajstić information content (AvgIpc) is 3.41. The lowest BCUT2D eigenvalue weighted by atomic mass is 10.1. The SMILES string of the molecule is CCn1nc(C(=O)Nc2nc(-c3c[nH]c4ccccc34)cs2)c2ccccc2c1=O. The molecular formula is C22H17N5O2S. The summed E-state index contributed by atoms with van der Waals surface area (Å²) in [5.74, 6) is -0.395. The van der Waals surface area contributed by atoms with E-state index in [0.717, 1.165) is 22.2 Å². The van der Waals surface area contributed by atoms with Crippen LogP contribution in [-0.4, -0.2) is 25.7 Å². The summed E-state index contributed by atoms with van der Waals surface area (Å²) >= 11 is 1.34. The van der Waals surface area contributed by atoms with Crippen LogP contribution < -0.4 is 10.9 Å². The molecule has 30 heavy (non-hydrogen) atoms. The van der Waals surface area contributed by atoms with Crippen molar-refractivity contribution in [3.05, 3.63) is 76.2 Å². The highest BCUT2D eigenvalue weighted by Gasteiger charge is 2.18. The summed E-state index contributed by atoms with van der Waals surface area (Å²) in [6.45, 7) is 2.20. The third-order valence-electron chi connectivity index (χ3n) is 4.97. The molecule has 5 rings (SSSR count). The minimum atomic E-state index is -0.395. The number of aryl methyl sites for hydroxylation is 1. The number of carbonyl (C=O) groups excluding carboxylic acids is 1. The molecule has 5 aromatic rings. The standard InChI is InChI=1S/C22H17N5O2S/c1-2-27-21(29)15-9-4-3-8-14(15)19(26-27)20(28)25-22-24-18(12-30-22)16-11-23-17-10-6-5-7-13(16)17/h3-12,23H,2H2,1H3,(H,24,25,28). The molecule has 7 nitrogen and oxygen atoms in total. The molecule has 0 saturated carbocycles. The maximum absolute atomic E-state index is 13.0. The van der Waals surface area contributed by atoms with Crippen LogP contribution in [0.2, 0.25) is 0 Å². The molecule has 0 fully saturated rings. The Morgan fingerprint density at radius 2 is 1.83 bits per heavy atom. The van der Waals surface area contributed by atoms with Gasteiger partial charge in [0.15, 0.2) is 10.8 Å². The van der Waals surface area contributed by atoms with Gasteiger partial charge >= 0.3 is 0 Å². The van der Waals surface area contributed by atoms with Gasteiger partial charge < -0.3 is 4.98 Å². The van der Waals surface area contributed by atoms with Gasteiger partial charge in [-0.2, -0.15) is 5.10 Å². The van der Waals surface area contributed by atoms with E-state index < -0.39 is 5.91 Å². The molecule has 0 aliphatic carbocycles. The van der Waals surface area contributed by atoms with E-state index in [4.69, 9.17) is 0 Å². The van der Waals surface area contributed by atoms with Gasteiger partial charge in [0, 0.05) is 40.0 Å². The van der Waals surface area contributed by atoms with Crippen molar-refractivity contribution in [3.8, 4) is 11.3 Å². The Balaban J connectivity index is 1.50. The quantitative estimate of drug-likeness (QED) is 0.458. The summed E-state index contributed by atoms with van der Waals surface area (Å²) < 4.78 is 1.30. The van der Waals surface area contributed by atoms with Gasteiger partial charge in [0.05, 0.1) is 11.1 Å². The van der Waals surface area contributed by atoms with Crippen molar-refractivity contribution < 1.29 is 4.79 Å². The molecule has 1 amide bonds. The first-order chi connectivity index (χ1) is 14.7. The van der Waals surface area contributed by atoms with Gasteiger partial charge in [-0.3, -0.25) is 14.9 Å². The first kappa shape index (κ1) is 18.3. The van der Waals surface area contributed by atoms with Crippen LogP contribution in [0.1, 0.15) is 17.4 Å². The Labute approximate surface area is 175 Å². The molecule has 148 valence electrons. The van der Waals surface area contributed by atoms with Gasteiger partial charge in [-0.05, 0) is 19.1 Å². The minimum absolute atomic E-state index is 0.205. The highest BCUT2D eigenvalue weighted by atomic mass is 32.1. The van der Waals surface area contributed by atoms with Crippen LogP contribution in [0, 0.1) is 0 Å². The number of thiazole rings is 1. The number of aromatic nitrogens is 4. The minimum Gasteiger partial charge on any atom is -0.360 e. The number of anilines is 1. The molecule has 0 atom stereocenters. The third-order valence-corrected chi connectivity index (χ3v) is 5.73. The molecule has 0 spiro atoms. The number of para-hydroxylation sites is 1. The van der Waals surface area contributed by atoms with Crippen LogP contribution in [0.4, 0.5) is 5.13 Å². The fourth-order valence-electron chi connectivity index (χ4n) is 3.51. The van der Waals surface area contributed by atoms with E-state index in [1.54, 1.807) is 24.3 Å². The summed E-state index contributed by atoms with van der Waals surface area (Å²) in [5.41, 5.74) is 2.79. The zero-order valence-corrected chi connectivity index (χ0v) is 16.9. The molecule has 3 heterocycles. The number of benzene rings is 2. The van der Waals surface area contributed by atoms with E-state index >= 15 is 0 Å². The molecule has 0 radical (unpaired) electrons. The lowest BCUT2D eigenvalue weighted by Gasteiger charge is -2.09. The second kappa shape index (κ2) is 7.23. The van der Waals surface area contributed by atoms with E-state index in [9.17, 15) is 9.59 Å². The summed E-state index contributed by atoms with van der Waals surface area (Å²) in [4.78, 5) is 33.3. The molecule has 0 aliphatic rings. The van der Waals surface area contributed by atoms with Gasteiger partial charge in [0.1, 0.15) is 0 Å². The number of nitrogens with zero attached hydrogens (tertiary/aromatic N) is 3. The van der Waals surface area contributed by atoms with Gasteiger partial charge in [-0.25, -0.2) is 9.67 Å². The lowest BCUT2D eigenvalue weighted by Crippen LogP contribution is -2.27. The highest BCUT2D eigenvalue weighted by Crippen LogP contribution is 2.31. The molecule has 2 N–H and O–H groups in total. The summed E-state index contributed by atoms with van der Waals surface area (Å²) in [6.07, 6.45) is 1.91. The van der Waals surface area contributed by atoms with E-state index in [-0.39, 0.29) is 11.3 Å². The van der Waals surface area contributed by atoms with Crippen LogP contribution in [0.15, 0.2) is 64.9 Å². The summed E-state index contributed by atoms with van der Waals surface area (Å²) in [6, 6.07) is 15.0. The van der Waals surface area contributed by atoms with Crippen molar-refractivity contribution in [1.29, 1.82) is 0 Å². The highest BCUT2D eigenvalue weighted by molar-refractivity contribution is 7.14. The molecular weight excluding hydrogens is 398 g/mol. The summed E-state index contributed by atoms with van der Waals surface area (Å²) in [5, 5.41) is 11.6. The zero-order valence-electron chi connectivity index (χ0n) is 16.0. The maximum Gasteiger partial charge on any atom is 0.278 e. The predicted octanol–water partition coefficient (Wildman–Crippen LogP) is 4.27. The lowest BCUT2D eigenvalue weighted by molar-refractivity contribution is 0.102. The second-order valence-corrected chi connectivity index (χ2v) is 7.61. The number of H-pyrrole nitrogens is 1. The Morgan fingerprint density at radius 1 is 1.10 bits per heavy atom. The first-order valence-electron chi connectivity index (χ1n) is 9.49. The Kier molecular flexibility index (Phi) is 4.40. The number of hydrogen-bond donors (Lipinski definition) is 2. The van der Waals surface area contributed by atoms with Crippen molar-refractivity contribution in [2.75, 3.05) is 5.32 Å². The number of nitrogens with one attached hydrogen (secondary N) is 2. The number of fused-ring (bicyclic) bond motifs is 2. The number of hydrogen-bond acceptors (Lipinski definition) is 5. The smallest absolute Gasteiger partial charge is 0.278 e. The van der Waals surface area contributed by atoms with Gasteiger partial charge in [0.2, 0.25) is 0 Å². The summed E-state index contributed by atoms with van der Waals surface area (Å²) in [7, 11) is 0. The Hall–Kier alpha value is -3.78. The van der Waals surface area contributed by atoms with Gasteiger partial charge in [-0.15, -0.1) is 11.3 Å². The zero-order chi connectivity index (χ0) is 20.7. The first-order valence-corrected chi connectivity index (χ1v) is 10.4. The van der Waals surface area contributed by atoms with Crippen molar-refractivity contribution in [1.82, 2.24) is 19.7 Å². The van der Waals surface area contributed by atoms with Crippen LogP contribution in [0.5, 0.6) is 0 Å². The average molecular weight is 415 g/mol. The number of rotatable bonds is 4. The Bertz CT molecular complexity index is 1460. The van der Waals surface area contributed by atoms with Crippen molar-refractivity contribution >= 4 is 44.1 Å². The van der Waals surface area contributed by atoms with E-state index in [0.29, 0.717) is 22.4 Å². The van der Waals surface area contributed by atoms with Crippen LogP contribution in [-0.2, 0) is 6.54 Å². The van der Waals surface area contributed by atoms with Crippen LogP contribution in [0.3, 0.4) is 0 Å². The molecule has 8 heteroatoms. The fourth-order valence-corrected chi connectivity index (χ4v) is 4.22. The molecule has 0 aliphatic heterocycles. The second-order valence-electron chi connectivity index (χ2n) is 6.76. The van der Waals surface area contributed by atoms with E-state index in [1.807, 2.05) is 42.8 Å².